The number of rotatable bonds is 5. The highest BCUT2D eigenvalue weighted by Gasteiger charge is 2.39. The summed E-state index contributed by atoms with van der Waals surface area (Å²) in [7, 11) is 3.31. The summed E-state index contributed by atoms with van der Waals surface area (Å²) < 4.78 is 21.4. The Kier molecular flexibility index (Phi) is 5.29. The number of hydrogen-bond acceptors (Lipinski definition) is 7. The highest BCUT2D eigenvalue weighted by atomic mass is 16.5. The summed E-state index contributed by atoms with van der Waals surface area (Å²) in [5.41, 5.74) is 5.82. The maximum atomic E-state index is 6.52. The molecule has 0 radical (unpaired) electrons. The van der Waals surface area contributed by atoms with Crippen molar-refractivity contribution in [2.45, 2.75) is 12.8 Å². The van der Waals surface area contributed by atoms with E-state index >= 15 is 0 Å². The van der Waals surface area contributed by atoms with Gasteiger partial charge in [0.1, 0.15) is 17.8 Å². The molecule has 1 aliphatic rings. The predicted molar refractivity (Wildman–Crippen MR) is 145 cm³/mol. The third kappa shape index (κ3) is 3.54. The number of nitrogens with zero attached hydrogens (tertiary/aromatic N) is 6. The second-order valence-electron chi connectivity index (χ2n) is 9.20. The molecule has 3 aromatic heterocycles. The lowest BCUT2D eigenvalue weighted by Crippen LogP contribution is -2.16. The molecule has 192 valence electrons. The monoisotopic (exact) mass is 516 g/mol. The third-order valence-electron chi connectivity index (χ3n) is 7.02. The molecule has 0 bridgehead atoms. The second-order valence-corrected chi connectivity index (χ2v) is 9.20. The highest BCUT2D eigenvalue weighted by molar-refractivity contribution is 5.71. The number of methoxy groups -OCH3 is 2. The molecule has 7 rings (SSSR count). The molecule has 0 unspecified atom stereocenters. The van der Waals surface area contributed by atoms with Crippen molar-refractivity contribution < 1.29 is 14.2 Å². The van der Waals surface area contributed by atoms with E-state index in [1.807, 2.05) is 84.4 Å². The second kappa shape index (κ2) is 8.98. The van der Waals surface area contributed by atoms with Gasteiger partial charge in [0.25, 0.3) is 0 Å². The molecule has 39 heavy (non-hydrogen) atoms. The summed E-state index contributed by atoms with van der Waals surface area (Å²) in [5.74, 6) is 2.72. The van der Waals surface area contributed by atoms with E-state index < -0.39 is 0 Å². The summed E-state index contributed by atoms with van der Waals surface area (Å²) in [6.07, 6.45) is 1.63. The minimum Gasteiger partial charge on any atom is -0.496 e. The fraction of sp³-hybridized carbons (Fsp3) is 0.133. The number of ether oxygens (including phenoxy) is 3. The first-order valence-electron chi connectivity index (χ1n) is 12.5. The number of fused-ring (bicyclic) bond motifs is 4. The van der Waals surface area contributed by atoms with Crippen LogP contribution in [0.4, 0.5) is 0 Å². The average molecular weight is 517 g/mol. The lowest BCUT2D eigenvalue weighted by Gasteiger charge is -2.27. The van der Waals surface area contributed by atoms with Crippen LogP contribution in [0.1, 0.15) is 28.3 Å². The SMILES string of the molecule is COc1ccccc1-c1nc2c3c(ncn2n1)Oc1c(c(C)nn1-c1ccccc1)[C@@H]3c1ccccc1OC. The van der Waals surface area contributed by atoms with Crippen LogP contribution >= 0.6 is 0 Å². The van der Waals surface area contributed by atoms with Crippen molar-refractivity contribution in [2.24, 2.45) is 0 Å². The van der Waals surface area contributed by atoms with Crippen LogP contribution in [0.3, 0.4) is 0 Å². The number of aromatic nitrogens is 6. The smallest absolute Gasteiger partial charge is 0.230 e. The van der Waals surface area contributed by atoms with E-state index in [0.29, 0.717) is 29.0 Å². The minimum atomic E-state index is -0.316. The lowest BCUT2D eigenvalue weighted by molar-refractivity contribution is 0.393. The van der Waals surface area contributed by atoms with Crippen molar-refractivity contribution >= 4 is 5.65 Å². The van der Waals surface area contributed by atoms with Gasteiger partial charge in [-0.25, -0.2) is 19.2 Å². The van der Waals surface area contributed by atoms with Crippen LogP contribution in [-0.4, -0.2) is 43.6 Å². The zero-order chi connectivity index (χ0) is 26.5. The largest absolute Gasteiger partial charge is 0.496 e. The molecule has 1 aliphatic heterocycles. The van der Waals surface area contributed by atoms with E-state index in [1.54, 1.807) is 25.1 Å². The Bertz CT molecular complexity index is 1840. The molecule has 0 amide bonds. The maximum Gasteiger partial charge on any atom is 0.230 e. The van der Waals surface area contributed by atoms with Crippen molar-refractivity contribution in [2.75, 3.05) is 14.2 Å². The number of aryl methyl sites for hydroxylation is 1. The first kappa shape index (κ1) is 23.0. The summed E-state index contributed by atoms with van der Waals surface area (Å²) in [6, 6.07) is 25.6. The van der Waals surface area contributed by atoms with Gasteiger partial charge in [0, 0.05) is 5.56 Å². The minimum absolute atomic E-state index is 0.316. The summed E-state index contributed by atoms with van der Waals surface area (Å²) in [4.78, 5) is 9.68. The fourth-order valence-electron chi connectivity index (χ4n) is 5.28. The van der Waals surface area contributed by atoms with Gasteiger partial charge in [-0.1, -0.05) is 48.5 Å². The quantitative estimate of drug-likeness (QED) is 0.295. The summed E-state index contributed by atoms with van der Waals surface area (Å²) in [6.45, 7) is 1.99. The number of benzene rings is 3. The molecule has 1 atom stereocenters. The van der Waals surface area contributed by atoms with Gasteiger partial charge in [0.05, 0.1) is 48.2 Å². The zero-order valence-corrected chi connectivity index (χ0v) is 21.6. The molecule has 0 fully saturated rings. The highest BCUT2D eigenvalue weighted by Crippen LogP contribution is 2.51. The fourth-order valence-corrected chi connectivity index (χ4v) is 5.28. The number of hydrogen-bond donors (Lipinski definition) is 0. The Hall–Kier alpha value is -5.18. The van der Waals surface area contributed by atoms with Crippen molar-refractivity contribution in [1.82, 2.24) is 29.4 Å². The van der Waals surface area contributed by atoms with Gasteiger partial charge < -0.3 is 14.2 Å². The molecule has 0 N–H and O–H groups in total. The van der Waals surface area contributed by atoms with Crippen LogP contribution in [0.15, 0.2) is 85.2 Å². The van der Waals surface area contributed by atoms with E-state index in [2.05, 4.69) is 6.07 Å². The van der Waals surface area contributed by atoms with Gasteiger partial charge in [-0.2, -0.15) is 5.10 Å². The van der Waals surface area contributed by atoms with Gasteiger partial charge >= 0.3 is 0 Å². The van der Waals surface area contributed by atoms with Crippen LogP contribution in [0.25, 0.3) is 22.7 Å². The Morgan fingerprint density at radius 3 is 2.31 bits per heavy atom. The van der Waals surface area contributed by atoms with Gasteiger partial charge in [-0.05, 0) is 37.3 Å². The molecule has 4 heterocycles. The lowest BCUT2D eigenvalue weighted by atomic mass is 9.84. The van der Waals surface area contributed by atoms with Crippen LogP contribution < -0.4 is 14.2 Å². The van der Waals surface area contributed by atoms with E-state index in [1.165, 1.54) is 0 Å². The molecule has 0 spiro atoms. The molecular weight excluding hydrogens is 492 g/mol. The van der Waals surface area contributed by atoms with Crippen LogP contribution in [-0.2, 0) is 0 Å². The third-order valence-corrected chi connectivity index (χ3v) is 7.02. The first-order valence-corrected chi connectivity index (χ1v) is 12.5. The maximum absolute atomic E-state index is 6.52. The summed E-state index contributed by atoms with van der Waals surface area (Å²) in [5, 5.41) is 9.65. The van der Waals surface area contributed by atoms with Gasteiger partial charge in [0.15, 0.2) is 11.5 Å². The number of para-hydroxylation sites is 3. The summed E-state index contributed by atoms with van der Waals surface area (Å²) >= 11 is 0. The van der Waals surface area contributed by atoms with E-state index in [4.69, 9.17) is 34.4 Å². The van der Waals surface area contributed by atoms with Crippen molar-refractivity contribution in [3.63, 3.8) is 0 Å². The Balaban J connectivity index is 1.51. The molecule has 9 nitrogen and oxygen atoms in total. The first-order chi connectivity index (χ1) is 19.2. The molecule has 6 aromatic rings. The molecule has 9 heteroatoms. The van der Waals surface area contributed by atoms with E-state index in [-0.39, 0.29) is 5.92 Å². The standard InChI is InChI=1S/C30H24N6O3/c1-18-24-25(20-13-7-9-15-22(20)37-2)26-28-32-27(21-14-8-10-16-23(21)38-3)34-35(28)17-31-29(26)39-30(24)36(33-18)19-11-5-4-6-12-19/h4-17,25H,1-3H3/t25-/m0/s1. The van der Waals surface area contributed by atoms with Crippen molar-refractivity contribution in [3.05, 3.63) is 108 Å². The van der Waals surface area contributed by atoms with Crippen LogP contribution in [0, 0.1) is 6.92 Å². The zero-order valence-electron chi connectivity index (χ0n) is 21.6. The normalized spacial score (nSPS) is 14.0. The van der Waals surface area contributed by atoms with Crippen molar-refractivity contribution in [3.8, 4) is 40.3 Å². The average Bonchev–Trinajstić information content (AvgIpc) is 3.57. The Morgan fingerprint density at radius 1 is 0.795 bits per heavy atom. The van der Waals surface area contributed by atoms with Crippen molar-refractivity contribution in [1.29, 1.82) is 0 Å². The molecule has 3 aromatic carbocycles. The van der Waals surface area contributed by atoms with Crippen LogP contribution in [0.2, 0.25) is 0 Å². The van der Waals surface area contributed by atoms with E-state index in [0.717, 1.165) is 39.4 Å². The Labute approximate surface area is 224 Å². The molecule has 0 aliphatic carbocycles. The molecule has 0 saturated heterocycles. The topological polar surface area (TPSA) is 88.6 Å². The molecular formula is C30H24N6O3. The van der Waals surface area contributed by atoms with Gasteiger partial charge in [-0.15, -0.1) is 5.10 Å². The van der Waals surface area contributed by atoms with E-state index in [9.17, 15) is 0 Å². The predicted octanol–water partition coefficient (Wildman–Crippen LogP) is 5.59. The van der Waals surface area contributed by atoms with Gasteiger partial charge in [-0.3, -0.25) is 0 Å². The van der Waals surface area contributed by atoms with Crippen LogP contribution in [0.5, 0.6) is 23.3 Å². The Morgan fingerprint density at radius 2 is 1.51 bits per heavy atom. The molecule has 0 saturated carbocycles. The van der Waals surface area contributed by atoms with Gasteiger partial charge in [0.2, 0.25) is 11.8 Å².